The van der Waals surface area contributed by atoms with Gasteiger partial charge in [-0.1, -0.05) is 91.0 Å². The van der Waals surface area contributed by atoms with Crippen LogP contribution in [-0.2, 0) is 0 Å². The molecule has 0 aliphatic carbocycles. The minimum atomic E-state index is 1.23. The standard InChI is InChI=1S/C42H23NS4/c1-4-18-33-24(10-1)27-13-7-16-31(40(27)45-33)43(32-17-8-14-28-25-11-2-5-19-34(25)46-41(28)32)30-15-9-21-36-38(30)39-37(44-36)23-22-29-26-12-3-6-20-35(26)47-42(29)39/h1-23H. The maximum atomic E-state index is 2.58. The largest absolute Gasteiger partial charge is 0.307 e. The molecule has 0 radical (unpaired) electrons. The van der Waals surface area contributed by atoms with Crippen molar-refractivity contribution in [2.45, 2.75) is 0 Å². The van der Waals surface area contributed by atoms with Gasteiger partial charge in [-0.25, -0.2) is 0 Å². The molecule has 0 N–H and O–H groups in total. The molecule has 4 heterocycles. The Morgan fingerprint density at radius 3 is 1.30 bits per heavy atom. The third-order valence-corrected chi connectivity index (χ3v) is 14.2. The molecule has 0 fully saturated rings. The molecule has 220 valence electrons. The highest BCUT2D eigenvalue weighted by Gasteiger charge is 2.25. The Kier molecular flexibility index (Phi) is 5.52. The van der Waals surface area contributed by atoms with Gasteiger partial charge in [0.2, 0.25) is 0 Å². The van der Waals surface area contributed by atoms with Crippen molar-refractivity contribution in [1.29, 1.82) is 0 Å². The number of hydrogen-bond acceptors (Lipinski definition) is 5. The summed E-state index contributed by atoms with van der Waals surface area (Å²) in [6.45, 7) is 0. The van der Waals surface area contributed by atoms with Gasteiger partial charge in [0.1, 0.15) is 0 Å². The first kappa shape index (κ1) is 26.3. The van der Waals surface area contributed by atoms with Gasteiger partial charge in [-0.2, -0.15) is 0 Å². The Morgan fingerprint density at radius 2 is 0.702 bits per heavy atom. The molecule has 5 heteroatoms. The van der Waals surface area contributed by atoms with Gasteiger partial charge >= 0.3 is 0 Å². The molecule has 7 aromatic carbocycles. The van der Waals surface area contributed by atoms with Crippen molar-refractivity contribution in [3.63, 3.8) is 0 Å². The summed E-state index contributed by atoms with van der Waals surface area (Å²) in [6.07, 6.45) is 0. The van der Waals surface area contributed by atoms with Crippen molar-refractivity contribution >= 4 is 143 Å². The molecule has 0 spiro atoms. The number of benzene rings is 7. The van der Waals surface area contributed by atoms with Gasteiger partial charge in [0.25, 0.3) is 0 Å². The van der Waals surface area contributed by atoms with Crippen molar-refractivity contribution in [2.24, 2.45) is 0 Å². The fraction of sp³-hybridized carbons (Fsp3) is 0. The normalized spacial score (nSPS) is 12.3. The van der Waals surface area contributed by atoms with E-state index < -0.39 is 0 Å². The molecule has 0 atom stereocenters. The molecule has 0 aliphatic rings. The molecule has 0 unspecified atom stereocenters. The van der Waals surface area contributed by atoms with Gasteiger partial charge in [-0.15, -0.1) is 45.3 Å². The Labute approximate surface area is 285 Å². The number of nitrogens with zero attached hydrogens (tertiary/aromatic N) is 1. The third-order valence-electron chi connectivity index (χ3n) is 9.47. The Balaban J connectivity index is 1.31. The second kappa shape index (κ2) is 9.86. The van der Waals surface area contributed by atoms with Gasteiger partial charge < -0.3 is 4.90 Å². The monoisotopic (exact) mass is 669 g/mol. The van der Waals surface area contributed by atoms with Crippen molar-refractivity contribution in [3.8, 4) is 0 Å². The van der Waals surface area contributed by atoms with E-state index in [1.54, 1.807) is 0 Å². The van der Waals surface area contributed by atoms with Crippen LogP contribution in [0, 0.1) is 0 Å². The molecule has 4 aromatic heterocycles. The highest BCUT2D eigenvalue weighted by molar-refractivity contribution is 7.30. The molecule has 1 nitrogen and oxygen atoms in total. The van der Waals surface area contributed by atoms with Crippen LogP contribution in [0.5, 0.6) is 0 Å². The molecule has 0 amide bonds. The molecular formula is C42H23NS4. The number of fused-ring (bicyclic) bond motifs is 13. The summed E-state index contributed by atoms with van der Waals surface area (Å²) < 4.78 is 10.6. The zero-order chi connectivity index (χ0) is 30.6. The lowest BCUT2D eigenvalue weighted by Crippen LogP contribution is -2.10. The summed E-state index contributed by atoms with van der Waals surface area (Å²) in [5.41, 5.74) is 3.68. The van der Waals surface area contributed by atoms with E-state index in [9.17, 15) is 0 Å². The molecule has 11 aromatic rings. The van der Waals surface area contributed by atoms with Crippen LogP contribution in [0.2, 0.25) is 0 Å². The molecule has 0 bridgehead atoms. The average molecular weight is 670 g/mol. The van der Waals surface area contributed by atoms with E-state index in [4.69, 9.17) is 0 Å². The van der Waals surface area contributed by atoms with Crippen molar-refractivity contribution in [1.82, 2.24) is 0 Å². The van der Waals surface area contributed by atoms with Crippen LogP contribution in [0.15, 0.2) is 140 Å². The summed E-state index contributed by atoms with van der Waals surface area (Å²) in [6, 6.07) is 51.8. The van der Waals surface area contributed by atoms with E-state index in [-0.39, 0.29) is 0 Å². The zero-order valence-corrected chi connectivity index (χ0v) is 28.1. The van der Waals surface area contributed by atoms with Crippen molar-refractivity contribution in [2.75, 3.05) is 4.90 Å². The molecular weight excluding hydrogens is 647 g/mol. The Bertz CT molecular complexity index is 2930. The Hall–Kier alpha value is -4.78. The number of hydrogen-bond donors (Lipinski definition) is 0. The summed E-state index contributed by atoms with van der Waals surface area (Å²) in [5, 5.41) is 10.7. The van der Waals surface area contributed by atoms with E-state index in [0.717, 1.165) is 0 Å². The fourth-order valence-corrected chi connectivity index (χ4v) is 12.3. The lowest BCUT2D eigenvalue weighted by molar-refractivity contribution is 1.34. The average Bonchev–Trinajstić information content (AvgIpc) is 3.88. The van der Waals surface area contributed by atoms with Crippen LogP contribution in [0.25, 0.3) is 80.7 Å². The fourth-order valence-electron chi connectivity index (χ4n) is 7.46. The number of anilines is 3. The zero-order valence-electron chi connectivity index (χ0n) is 24.9. The second-order valence-electron chi connectivity index (χ2n) is 12.0. The van der Waals surface area contributed by atoms with Crippen LogP contribution in [0.1, 0.15) is 0 Å². The molecule has 0 saturated carbocycles. The van der Waals surface area contributed by atoms with E-state index >= 15 is 0 Å². The van der Waals surface area contributed by atoms with E-state index in [1.165, 1.54) is 97.8 Å². The first-order valence-electron chi connectivity index (χ1n) is 15.7. The number of thiophene rings is 4. The summed E-state index contributed by atoms with van der Waals surface area (Å²) in [5.74, 6) is 0. The summed E-state index contributed by atoms with van der Waals surface area (Å²) >= 11 is 7.63. The van der Waals surface area contributed by atoms with Gasteiger partial charge in [-0.3, -0.25) is 0 Å². The highest BCUT2D eigenvalue weighted by Crippen LogP contribution is 2.53. The lowest BCUT2D eigenvalue weighted by Gasteiger charge is -2.27. The van der Waals surface area contributed by atoms with Crippen LogP contribution in [0.4, 0.5) is 17.1 Å². The quantitative estimate of drug-likeness (QED) is 0.181. The molecule has 47 heavy (non-hydrogen) atoms. The third kappa shape index (κ3) is 3.68. The second-order valence-corrected chi connectivity index (χ2v) is 16.2. The van der Waals surface area contributed by atoms with Crippen LogP contribution >= 0.6 is 45.3 Å². The SMILES string of the molecule is c1ccc2c(c1)sc1c(N(c3cccc4c3sc3ccccc34)c3cccc4sc5ccc6c7ccccc7sc6c5c34)cccc12. The minimum Gasteiger partial charge on any atom is -0.307 e. The molecule has 11 rings (SSSR count). The maximum Gasteiger partial charge on any atom is 0.0641 e. The van der Waals surface area contributed by atoms with Crippen LogP contribution in [-0.4, -0.2) is 0 Å². The molecule has 0 aliphatic heterocycles. The van der Waals surface area contributed by atoms with E-state index in [1.807, 2.05) is 45.3 Å². The predicted octanol–water partition coefficient (Wildman–Crippen LogP) is 14.6. The number of rotatable bonds is 3. The van der Waals surface area contributed by atoms with Crippen LogP contribution in [0.3, 0.4) is 0 Å². The Morgan fingerprint density at radius 1 is 0.277 bits per heavy atom. The van der Waals surface area contributed by atoms with Crippen molar-refractivity contribution in [3.05, 3.63) is 140 Å². The van der Waals surface area contributed by atoms with Gasteiger partial charge in [-0.05, 0) is 48.5 Å². The molecule has 0 saturated heterocycles. The van der Waals surface area contributed by atoms with Gasteiger partial charge in [0.05, 0.1) is 26.5 Å². The smallest absolute Gasteiger partial charge is 0.0641 e. The van der Waals surface area contributed by atoms with Gasteiger partial charge in [0, 0.05) is 71.3 Å². The minimum absolute atomic E-state index is 1.23. The van der Waals surface area contributed by atoms with Crippen LogP contribution < -0.4 is 4.90 Å². The van der Waals surface area contributed by atoms with E-state index in [0.29, 0.717) is 0 Å². The first-order valence-corrected chi connectivity index (χ1v) is 18.9. The first-order chi connectivity index (χ1) is 23.3. The van der Waals surface area contributed by atoms with Crippen molar-refractivity contribution < 1.29 is 0 Å². The summed E-state index contributed by atoms with van der Waals surface area (Å²) in [4.78, 5) is 2.58. The highest BCUT2D eigenvalue weighted by atomic mass is 32.1. The van der Waals surface area contributed by atoms with E-state index in [2.05, 4.69) is 144 Å². The predicted molar refractivity (Wildman–Crippen MR) is 213 cm³/mol. The maximum absolute atomic E-state index is 2.58. The topological polar surface area (TPSA) is 3.24 Å². The summed E-state index contributed by atoms with van der Waals surface area (Å²) in [7, 11) is 0. The lowest BCUT2D eigenvalue weighted by atomic mass is 10.0. The van der Waals surface area contributed by atoms with Gasteiger partial charge in [0.15, 0.2) is 0 Å².